The monoisotopic (exact) mass is 469 g/mol. The topological polar surface area (TPSA) is 52.7 Å². The molecular formula is C29H47N3O2. The molecule has 0 bridgehead atoms. The number of carbonyl (C=O) groups is 2. The maximum atomic E-state index is 13.4. The number of piperidine rings is 1. The van der Waals surface area contributed by atoms with Crippen molar-refractivity contribution >= 4 is 11.8 Å². The Morgan fingerprint density at radius 2 is 1.62 bits per heavy atom. The highest BCUT2D eigenvalue weighted by Crippen LogP contribution is 2.34. The minimum atomic E-state index is -0.634. The minimum Gasteiger partial charge on any atom is -0.342 e. The standard InChI is InChI=1S/C29H47N3O2/c1-4-5-12-20-32-27(33)26(23-24(2)3)30-28(34)29(32)17-21-31(22-18-29)19-13-7-6-9-14-25-15-10-8-11-16-25/h8,10-11,15-16,24,26H,4-7,9,12-14,17-23H2,1-3H3,(H,30,34)/t26-/m0/s1. The quantitative estimate of drug-likeness (QED) is 0.405. The third-order valence-corrected chi connectivity index (χ3v) is 7.72. The zero-order valence-electron chi connectivity index (χ0n) is 21.9. The molecule has 1 spiro atoms. The zero-order chi connectivity index (χ0) is 24.4. The second-order valence-corrected chi connectivity index (χ2v) is 10.9. The molecule has 1 aromatic rings. The van der Waals surface area contributed by atoms with Crippen LogP contribution in [0.4, 0.5) is 0 Å². The van der Waals surface area contributed by atoms with E-state index in [9.17, 15) is 9.59 Å². The number of amides is 2. The Balaban J connectivity index is 1.47. The summed E-state index contributed by atoms with van der Waals surface area (Å²) in [7, 11) is 0. The van der Waals surface area contributed by atoms with Crippen molar-refractivity contribution in [1.82, 2.24) is 15.1 Å². The molecular weight excluding hydrogens is 422 g/mol. The predicted molar refractivity (Wildman–Crippen MR) is 140 cm³/mol. The van der Waals surface area contributed by atoms with Crippen molar-refractivity contribution in [3.05, 3.63) is 35.9 Å². The Morgan fingerprint density at radius 3 is 2.29 bits per heavy atom. The fourth-order valence-corrected chi connectivity index (χ4v) is 5.66. The van der Waals surface area contributed by atoms with Gasteiger partial charge in [0.25, 0.3) is 0 Å². The Hall–Kier alpha value is -1.88. The van der Waals surface area contributed by atoms with Crippen molar-refractivity contribution in [3.63, 3.8) is 0 Å². The van der Waals surface area contributed by atoms with Crippen molar-refractivity contribution in [2.75, 3.05) is 26.2 Å². The number of unbranched alkanes of at least 4 members (excludes halogenated alkanes) is 5. The number of rotatable bonds is 13. The molecule has 0 aliphatic carbocycles. The molecule has 2 fully saturated rings. The number of piperazine rings is 1. The molecule has 0 radical (unpaired) electrons. The third kappa shape index (κ3) is 7.07. The van der Waals surface area contributed by atoms with Crippen molar-refractivity contribution in [1.29, 1.82) is 0 Å². The van der Waals surface area contributed by atoms with Gasteiger partial charge in [-0.25, -0.2) is 0 Å². The maximum Gasteiger partial charge on any atom is 0.246 e. The first-order chi connectivity index (χ1) is 16.5. The lowest BCUT2D eigenvalue weighted by Crippen LogP contribution is -2.73. The minimum absolute atomic E-state index is 0.0924. The molecule has 2 aliphatic heterocycles. The number of hydrogen-bond donors (Lipinski definition) is 1. The summed E-state index contributed by atoms with van der Waals surface area (Å²) >= 11 is 0. The van der Waals surface area contributed by atoms with Crippen LogP contribution in [0.5, 0.6) is 0 Å². The van der Waals surface area contributed by atoms with Crippen molar-refractivity contribution in [2.45, 2.75) is 103 Å². The van der Waals surface area contributed by atoms with Crippen LogP contribution in [-0.4, -0.2) is 59.4 Å². The molecule has 3 rings (SSSR count). The van der Waals surface area contributed by atoms with Crippen LogP contribution < -0.4 is 5.32 Å². The second-order valence-electron chi connectivity index (χ2n) is 10.9. The lowest BCUT2D eigenvalue weighted by atomic mass is 9.80. The van der Waals surface area contributed by atoms with E-state index in [0.29, 0.717) is 5.92 Å². The first-order valence-corrected chi connectivity index (χ1v) is 13.8. The summed E-state index contributed by atoms with van der Waals surface area (Å²) < 4.78 is 0. The molecule has 1 N–H and O–H groups in total. The summed E-state index contributed by atoms with van der Waals surface area (Å²) in [5, 5.41) is 3.12. The van der Waals surface area contributed by atoms with E-state index in [0.717, 1.165) is 64.7 Å². The Labute approximate surface area is 207 Å². The number of benzene rings is 1. The molecule has 2 aliphatic rings. The highest BCUT2D eigenvalue weighted by atomic mass is 16.2. The predicted octanol–water partition coefficient (Wildman–Crippen LogP) is 5.19. The molecule has 1 aromatic carbocycles. The average molecular weight is 470 g/mol. The highest BCUT2D eigenvalue weighted by Gasteiger charge is 2.53. The number of likely N-dealkylation sites (tertiary alicyclic amines) is 1. The van der Waals surface area contributed by atoms with Gasteiger partial charge in [0.2, 0.25) is 11.8 Å². The van der Waals surface area contributed by atoms with E-state index < -0.39 is 5.54 Å². The van der Waals surface area contributed by atoms with Crippen LogP contribution in [0, 0.1) is 5.92 Å². The summed E-state index contributed by atoms with van der Waals surface area (Å²) in [5.74, 6) is 0.626. The molecule has 2 saturated heterocycles. The Kier molecular flexibility index (Phi) is 10.4. The van der Waals surface area contributed by atoms with Crippen LogP contribution in [0.1, 0.15) is 90.5 Å². The molecule has 190 valence electrons. The van der Waals surface area contributed by atoms with E-state index >= 15 is 0 Å². The van der Waals surface area contributed by atoms with Gasteiger partial charge >= 0.3 is 0 Å². The van der Waals surface area contributed by atoms with Gasteiger partial charge in [-0.1, -0.05) is 76.8 Å². The SMILES string of the molecule is CCCCCN1C(=O)[C@H](CC(C)C)NC(=O)C12CCN(CCCCCCc1ccccc1)CC2. The summed E-state index contributed by atoms with van der Waals surface area (Å²) in [5.41, 5.74) is 0.799. The molecule has 5 nitrogen and oxygen atoms in total. The van der Waals surface area contributed by atoms with Gasteiger partial charge in [0.15, 0.2) is 0 Å². The fourth-order valence-electron chi connectivity index (χ4n) is 5.66. The largest absolute Gasteiger partial charge is 0.342 e. The molecule has 0 unspecified atom stereocenters. The van der Waals surface area contributed by atoms with Crippen LogP contribution in [-0.2, 0) is 16.0 Å². The average Bonchev–Trinajstić information content (AvgIpc) is 2.83. The first kappa shape index (κ1) is 26.7. The molecule has 2 amide bonds. The van der Waals surface area contributed by atoms with Gasteiger partial charge in [-0.2, -0.15) is 0 Å². The normalized spacial score (nSPS) is 20.8. The van der Waals surface area contributed by atoms with E-state index in [1.54, 1.807) is 0 Å². The number of carbonyl (C=O) groups excluding carboxylic acids is 2. The molecule has 0 saturated carbocycles. The number of nitrogens with zero attached hydrogens (tertiary/aromatic N) is 2. The third-order valence-electron chi connectivity index (χ3n) is 7.72. The first-order valence-electron chi connectivity index (χ1n) is 13.8. The zero-order valence-corrected chi connectivity index (χ0v) is 21.9. The summed E-state index contributed by atoms with van der Waals surface area (Å²) in [4.78, 5) is 31.3. The van der Waals surface area contributed by atoms with Crippen LogP contribution in [0.3, 0.4) is 0 Å². The van der Waals surface area contributed by atoms with Gasteiger partial charge in [0, 0.05) is 19.6 Å². The van der Waals surface area contributed by atoms with Crippen molar-refractivity contribution in [3.8, 4) is 0 Å². The van der Waals surface area contributed by atoms with E-state index in [1.165, 1.54) is 37.7 Å². The van der Waals surface area contributed by atoms with Crippen LogP contribution >= 0.6 is 0 Å². The summed E-state index contributed by atoms with van der Waals surface area (Å²) in [6, 6.07) is 10.4. The van der Waals surface area contributed by atoms with E-state index in [-0.39, 0.29) is 17.9 Å². The fraction of sp³-hybridized carbons (Fsp3) is 0.724. The van der Waals surface area contributed by atoms with Crippen LogP contribution in [0.25, 0.3) is 0 Å². The summed E-state index contributed by atoms with van der Waals surface area (Å²) in [6.07, 6.45) is 11.6. The Morgan fingerprint density at radius 1 is 0.941 bits per heavy atom. The highest BCUT2D eigenvalue weighted by molar-refractivity contribution is 6.00. The smallest absolute Gasteiger partial charge is 0.246 e. The summed E-state index contributed by atoms with van der Waals surface area (Å²) in [6.45, 7) is 10.0. The van der Waals surface area contributed by atoms with Gasteiger partial charge in [0.1, 0.15) is 11.6 Å². The van der Waals surface area contributed by atoms with Crippen molar-refractivity contribution < 1.29 is 9.59 Å². The van der Waals surface area contributed by atoms with Crippen LogP contribution in [0.2, 0.25) is 0 Å². The van der Waals surface area contributed by atoms with Gasteiger partial charge in [-0.05, 0) is 63.0 Å². The van der Waals surface area contributed by atoms with E-state index in [2.05, 4.69) is 61.3 Å². The van der Waals surface area contributed by atoms with Gasteiger partial charge in [-0.3, -0.25) is 9.59 Å². The van der Waals surface area contributed by atoms with E-state index in [1.807, 2.05) is 4.90 Å². The molecule has 34 heavy (non-hydrogen) atoms. The Bertz CT molecular complexity index is 756. The van der Waals surface area contributed by atoms with Gasteiger partial charge in [-0.15, -0.1) is 0 Å². The van der Waals surface area contributed by atoms with Crippen molar-refractivity contribution in [2.24, 2.45) is 5.92 Å². The molecule has 5 heteroatoms. The molecule has 2 heterocycles. The molecule has 1 atom stereocenters. The second kappa shape index (κ2) is 13.3. The lowest BCUT2D eigenvalue weighted by Gasteiger charge is -2.52. The number of nitrogens with one attached hydrogen (secondary N) is 1. The van der Waals surface area contributed by atoms with E-state index in [4.69, 9.17) is 0 Å². The van der Waals surface area contributed by atoms with Gasteiger partial charge in [0.05, 0.1) is 0 Å². The molecule has 0 aromatic heterocycles. The maximum absolute atomic E-state index is 13.4. The number of hydrogen-bond acceptors (Lipinski definition) is 3. The van der Waals surface area contributed by atoms with Crippen LogP contribution in [0.15, 0.2) is 30.3 Å². The lowest BCUT2D eigenvalue weighted by molar-refractivity contribution is -0.161. The number of aryl methyl sites for hydroxylation is 1. The van der Waals surface area contributed by atoms with Gasteiger partial charge < -0.3 is 15.1 Å².